The molecule has 1 atom stereocenters. The number of carbonyl (C=O) groups excluding carboxylic acids is 1. The Morgan fingerprint density at radius 2 is 1.35 bits per heavy atom. The second-order valence-corrected chi connectivity index (χ2v) is 9.05. The third-order valence-electron chi connectivity index (χ3n) is 6.66. The number of ether oxygens (including phenoxy) is 1. The molecule has 0 aliphatic carbocycles. The summed E-state index contributed by atoms with van der Waals surface area (Å²) in [6, 6.07) is 38.7. The van der Waals surface area contributed by atoms with E-state index in [4.69, 9.17) is 14.8 Å². The first-order valence-corrected chi connectivity index (χ1v) is 12.3. The van der Waals surface area contributed by atoms with Crippen molar-refractivity contribution in [1.82, 2.24) is 9.78 Å². The largest absolute Gasteiger partial charge is 0.436 e. The van der Waals surface area contributed by atoms with Gasteiger partial charge >= 0.3 is 0 Å². The van der Waals surface area contributed by atoms with E-state index < -0.39 is 5.72 Å². The maximum absolute atomic E-state index is 14.5. The number of aliphatic imine (C=N–C) groups is 1. The first-order valence-electron chi connectivity index (χ1n) is 12.3. The predicted molar refractivity (Wildman–Crippen MR) is 144 cm³/mol. The number of aromatic nitrogens is 2. The molecular weight excluding hydrogens is 458 g/mol. The molecule has 6 rings (SSSR count). The molecule has 0 saturated carbocycles. The van der Waals surface area contributed by atoms with Crippen molar-refractivity contribution in [2.24, 2.45) is 4.99 Å². The quantitative estimate of drug-likeness (QED) is 0.260. The van der Waals surface area contributed by atoms with E-state index in [0.717, 1.165) is 22.4 Å². The van der Waals surface area contributed by atoms with Crippen LogP contribution in [0.15, 0.2) is 126 Å². The highest BCUT2D eigenvalue weighted by atomic mass is 16.5. The summed E-state index contributed by atoms with van der Waals surface area (Å²) in [5.74, 6) is 0.799. The van der Waals surface area contributed by atoms with Crippen LogP contribution in [0.1, 0.15) is 38.3 Å². The van der Waals surface area contributed by atoms with Gasteiger partial charge in [-0.15, -0.1) is 0 Å². The normalized spacial score (nSPS) is 16.4. The molecule has 0 radical (unpaired) electrons. The number of aryl methyl sites for hydroxylation is 1. The van der Waals surface area contributed by atoms with Crippen LogP contribution in [0.25, 0.3) is 0 Å². The number of rotatable bonds is 6. The Morgan fingerprint density at radius 3 is 2.00 bits per heavy atom. The van der Waals surface area contributed by atoms with Gasteiger partial charge in [0.15, 0.2) is 5.82 Å². The molecule has 0 N–H and O–H groups in total. The average molecular weight is 484 g/mol. The van der Waals surface area contributed by atoms with E-state index in [1.165, 1.54) is 0 Å². The Balaban J connectivity index is 1.64. The topological polar surface area (TPSA) is 56.5 Å². The zero-order chi connectivity index (χ0) is 25.2. The fourth-order valence-corrected chi connectivity index (χ4v) is 4.80. The molecule has 1 unspecified atom stereocenters. The molecule has 0 amide bonds. The molecule has 4 aromatic carbocycles. The lowest BCUT2D eigenvalue weighted by Gasteiger charge is -2.37. The van der Waals surface area contributed by atoms with Gasteiger partial charge in [0.2, 0.25) is 11.7 Å². The van der Waals surface area contributed by atoms with Crippen molar-refractivity contribution in [3.05, 3.63) is 155 Å². The Hall–Kier alpha value is -4.77. The highest BCUT2D eigenvalue weighted by Crippen LogP contribution is 2.42. The SMILES string of the molecule is Cc1nn2c(c1Cc1ccccc1)N=C(c1ccccc1)OC2(C(=O)c1ccccc1)c1ccccc1. The summed E-state index contributed by atoms with van der Waals surface area (Å²) < 4.78 is 8.39. The first kappa shape index (κ1) is 22.7. The van der Waals surface area contributed by atoms with Crippen LogP contribution < -0.4 is 0 Å². The Kier molecular flexibility index (Phi) is 5.73. The molecule has 37 heavy (non-hydrogen) atoms. The van der Waals surface area contributed by atoms with Gasteiger partial charge < -0.3 is 4.74 Å². The molecule has 0 spiro atoms. The molecule has 1 aliphatic rings. The standard InChI is InChI=1S/C32H25N3O2/c1-23-28(22-24-14-6-2-7-15-24)30-33-31(26-18-10-4-11-19-26)37-32(35(30)34-23,27-20-12-5-13-21-27)29(36)25-16-8-3-9-17-25/h2-21H,22H2,1H3. The molecule has 5 aromatic rings. The van der Waals surface area contributed by atoms with Crippen LogP contribution in [-0.4, -0.2) is 21.5 Å². The van der Waals surface area contributed by atoms with E-state index in [9.17, 15) is 4.79 Å². The maximum atomic E-state index is 14.5. The minimum atomic E-state index is -1.56. The van der Waals surface area contributed by atoms with E-state index in [1.54, 1.807) is 4.68 Å². The van der Waals surface area contributed by atoms with E-state index in [-0.39, 0.29) is 5.78 Å². The molecule has 1 aromatic heterocycles. The van der Waals surface area contributed by atoms with Crippen LogP contribution in [-0.2, 0) is 16.9 Å². The zero-order valence-corrected chi connectivity index (χ0v) is 20.4. The molecule has 5 nitrogen and oxygen atoms in total. The average Bonchev–Trinajstić information content (AvgIpc) is 3.29. The van der Waals surface area contributed by atoms with Gasteiger partial charge in [-0.3, -0.25) is 4.79 Å². The molecule has 2 heterocycles. The minimum Gasteiger partial charge on any atom is -0.436 e. The van der Waals surface area contributed by atoms with Crippen molar-refractivity contribution >= 4 is 17.5 Å². The molecule has 180 valence electrons. The number of carbonyl (C=O) groups is 1. The lowest BCUT2D eigenvalue weighted by molar-refractivity contribution is 0.0121. The van der Waals surface area contributed by atoms with Gasteiger partial charge in [-0.05, 0) is 24.6 Å². The second-order valence-electron chi connectivity index (χ2n) is 9.05. The van der Waals surface area contributed by atoms with Crippen molar-refractivity contribution in [1.29, 1.82) is 0 Å². The number of fused-ring (bicyclic) bond motifs is 1. The van der Waals surface area contributed by atoms with Crippen LogP contribution in [0.3, 0.4) is 0 Å². The van der Waals surface area contributed by atoms with Crippen molar-refractivity contribution in [3.63, 3.8) is 0 Å². The van der Waals surface area contributed by atoms with Gasteiger partial charge in [0.1, 0.15) is 0 Å². The van der Waals surface area contributed by atoms with Gasteiger partial charge in [0.05, 0.1) is 5.69 Å². The molecule has 0 bridgehead atoms. The van der Waals surface area contributed by atoms with Gasteiger partial charge in [-0.1, -0.05) is 109 Å². The van der Waals surface area contributed by atoms with Crippen LogP contribution in [0.4, 0.5) is 5.82 Å². The van der Waals surface area contributed by atoms with Crippen LogP contribution >= 0.6 is 0 Å². The van der Waals surface area contributed by atoms with Gasteiger partial charge in [-0.25, -0.2) is 0 Å². The highest BCUT2D eigenvalue weighted by Gasteiger charge is 2.51. The summed E-state index contributed by atoms with van der Waals surface area (Å²) in [6.45, 7) is 1.96. The number of nitrogens with zero attached hydrogens (tertiary/aromatic N) is 3. The molecule has 0 fully saturated rings. The number of Topliss-reactive ketones (excluding diaryl/α,β-unsaturated/α-hetero) is 1. The van der Waals surface area contributed by atoms with E-state index in [1.807, 2.05) is 116 Å². The van der Waals surface area contributed by atoms with Crippen LogP contribution in [0, 0.1) is 6.92 Å². The zero-order valence-electron chi connectivity index (χ0n) is 20.4. The van der Waals surface area contributed by atoms with Crippen molar-refractivity contribution in [2.75, 3.05) is 0 Å². The fourth-order valence-electron chi connectivity index (χ4n) is 4.80. The lowest BCUT2D eigenvalue weighted by Crippen LogP contribution is -2.49. The van der Waals surface area contributed by atoms with Gasteiger partial charge in [-0.2, -0.15) is 14.8 Å². The number of ketones is 1. The minimum absolute atomic E-state index is 0.211. The Bertz CT molecular complexity index is 1580. The third-order valence-corrected chi connectivity index (χ3v) is 6.66. The van der Waals surface area contributed by atoms with Crippen LogP contribution in [0.5, 0.6) is 0 Å². The third kappa shape index (κ3) is 3.95. The molecule has 5 heteroatoms. The summed E-state index contributed by atoms with van der Waals surface area (Å²) >= 11 is 0. The second kappa shape index (κ2) is 9.36. The van der Waals surface area contributed by atoms with Gasteiger partial charge in [0.25, 0.3) is 5.72 Å². The lowest BCUT2D eigenvalue weighted by atomic mass is 9.92. The number of benzene rings is 4. The smallest absolute Gasteiger partial charge is 0.295 e. The Labute approximate surface area is 215 Å². The molecule has 0 saturated heterocycles. The summed E-state index contributed by atoms with van der Waals surface area (Å²) in [5, 5.41) is 4.92. The maximum Gasteiger partial charge on any atom is 0.295 e. The van der Waals surface area contributed by atoms with Crippen molar-refractivity contribution in [3.8, 4) is 0 Å². The summed E-state index contributed by atoms with van der Waals surface area (Å²) in [6.07, 6.45) is 0.637. The molecular formula is C32H25N3O2. The summed E-state index contributed by atoms with van der Waals surface area (Å²) in [7, 11) is 0. The first-order chi connectivity index (χ1) is 18.2. The Morgan fingerprint density at radius 1 is 0.784 bits per heavy atom. The predicted octanol–water partition coefficient (Wildman–Crippen LogP) is 6.47. The van der Waals surface area contributed by atoms with Crippen LogP contribution in [0.2, 0.25) is 0 Å². The fraction of sp³-hybridized carbons (Fsp3) is 0.0938. The van der Waals surface area contributed by atoms with E-state index in [0.29, 0.717) is 29.3 Å². The van der Waals surface area contributed by atoms with Gasteiger partial charge in [0, 0.05) is 28.7 Å². The number of hydrogen-bond donors (Lipinski definition) is 0. The summed E-state index contributed by atoms with van der Waals surface area (Å²) in [5.41, 5.74) is 3.35. The van der Waals surface area contributed by atoms with Crippen molar-refractivity contribution in [2.45, 2.75) is 19.1 Å². The van der Waals surface area contributed by atoms with E-state index in [2.05, 4.69) is 12.1 Å². The highest BCUT2D eigenvalue weighted by molar-refractivity contribution is 6.07. The summed E-state index contributed by atoms with van der Waals surface area (Å²) in [4.78, 5) is 19.5. The monoisotopic (exact) mass is 483 g/mol. The van der Waals surface area contributed by atoms with E-state index >= 15 is 0 Å². The van der Waals surface area contributed by atoms with Crippen molar-refractivity contribution < 1.29 is 9.53 Å². The molecule has 1 aliphatic heterocycles. The number of hydrogen-bond acceptors (Lipinski definition) is 4.